The smallest absolute Gasteiger partial charge is 0.263 e. The lowest BCUT2D eigenvalue weighted by Crippen LogP contribution is -2.39. The lowest BCUT2D eigenvalue weighted by atomic mass is 10.2. The molecule has 0 radical (unpaired) electrons. The highest BCUT2D eigenvalue weighted by Crippen LogP contribution is 2.24. The molecule has 1 aromatic carbocycles. The average Bonchev–Trinajstić information content (AvgIpc) is 3.01. The van der Waals surface area contributed by atoms with Crippen LogP contribution in [-0.2, 0) is 4.79 Å². The zero-order chi connectivity index (χ0) is 15.4. The maximum Gasteiger partial charge on any atom is 0.263 e. The zero-order valence-corrected chi connectivity index (χ0v) is 14.6. The van der Waals surface area contributed by atoms with Crippen LogP contribution in [0.1, 0.15) is 24.8 Å². The van der Waals surface area contributed by atoms with E-state index in [4.69, 9.17) is 4.74 Å². The van der Waals surface area contributed by atoms with E-state index in [2.05, 4.69) is 15.9 Å². The summed E-state index contributed by atoms with van der Waals surface area (Å²) in [4.78, 5) is 15.3. The quantitative estimate of drug-likeness (QED) is 0.778. The van der Waals surface area contributed by atoms with E-state index >= 15 is 0 Å². The number of hydrogen-bond acceptors (Lipinski definition) is 3. The molecule has 0 aliphatic rings. The molecule has 112 valence electrons. The van der Waals surface area contributed by atoms with Crippen LogP contribution in [0.4, 0.5) is 0 Å². The molecule has 1 heterocycles. The lowest BCUT2D eigenvalue weighted by molar-refractivity contribution is -0.138. The van der Waals surface area contributed by atoms with E-state index in [9.17, 15) is 4.79 Å². The highest BCUT2D eigenvalue weighted by molar-refractivity contribution is 9.10. The van der Waals surface area contributed by atoms with Crippen LogP contribution in [-0.4, -0.2) is 24.0 Å². The minimum Gasteiger partial charge on any atom is -0.481 e. The van der Waals surface area contributed by atoms with Gasteiger partial charge in [0.15, 0.2) is 6.10 Å². The van der Waals surface area contributed by atoms with Crippen molar-refractivity contribution in [3.63, 3.8) is 0 Å². The zero-order valence-electron chi connectivity index (χ0n) is 12.2. The van der Waals surface area contributed by atoms with Crippen molar-refractivity contribution in [3.05, 3.63) is 51.1 Å². The highest BCUT2D eigenvalue weighted by atomic mass is 79.9. The lowest BCUT2D eigenvalue weighted by Gasteiger charge is -2.27. The number of nitrogens with zero attached hydrogens (tertiary/aromatic N) is 1. The van der Waals surface area contributed by atoms with Crippen molar-refractivity contribution in [3.8, 4) is 5.75 Å². The van der Waals surface area contributed by atoms with Crippen molar-refractivity contribution < 1.29 is 9.53 Å². The van der Waals surface area contributed by atoms with E-state index in [1.54, 1.807) is 23.2 Å². The minimum absolute atomic E-state index is 0.0289. The Hall–Kier alpha value is -1.33. The van der Waals surface area contributed by atoms with Gasteiger partial charge in [0, 0.05) is 16.4 Å². The fourth-order valence-corrected chi connectivity index (χ4v) is 3.06. The maximum absolute atomic E-state index is 12.4. The number of carbonyl (C=O) groups is 1. The minimum atomic E-state index is -0.515. The first-order valence-electron chi connectivity index (χ1n) is 6.71. The van der Waals surface area contributed by atoms with Crippen LogP contribution in [0, 0.1) is 0 Å². The standard InChI is InChI=1S/C16H18BrNO2S/c1-11(15-5-4-10-21-15)18(3)16(19)12(2)20-14-8-6-13(17)7-9-14/h4-12H,1-3H3. The predicted octanol–water partition coefficient (Wildman–Crippen LogP) is 4.50. The topological polar surface area (TPSA) is 29.5 Å². The summed E-state index contributed by atoms with van der Waals surface area (Å²) in [5, 5.41) is 2.02. The van der Waals surface area contributed by atoms with Crippen LogP contribution in [0.5, 0.6) is 5.75 Å². The second kappa shape index (κ2) is 7.09. The van der Waals surface area contributed by atoms with Crippen LogP contribution in [0.15, 0.2) is 46.3 Å². The van der Waals surface area contributed by atoms with Gasteiger partial charge < -0.3 is 9.64 Å². The SMILES string of the molecule is CC(Oc1ccc(Br)cc1)C(=O)N(C)C(C)c1cccs1. The number of ether oxygens (including phenoxy) is 1. The third-order valence-electron chi connectivity index (χ3n) is 3.36. The summed E-state index contributed by atoms with van der Waals surface area (Å²) in [6, 6.07) is 11.6. The Kier molecular flexibility index (Phi) is 5.42. The summed E-state index contributed by atoms with van der Waals surface area (Å²) < 4.78 is 6.69. The van der Waals surface area contributed by atoms with Crippen LogP contribution >= 0.6 is 27.3 Å². The highest BCUT2D eigenvalue weighted by Gasteiger charge is 2.24. The van der Waals surface area contributed by atoms with Gasteiger partial charge in [0.05, 0.1) is 6.04 Å². The number of carbonyl (C=O) groups excluding carboxylic acids is 1. The Morgan fingerprint density at radius 1 is 1.24 bits per heavy atom. The second-order valence-electron chi connectivity index (χ2n) is 4.85. The molecule has 0 fully saturated rings. The summed E-state index contributed by atoms with van der Waals surface area (Å²) in [6.07, 6.45) is -0.515. The number of hydrogen-bond donors (Lipinski definition) is 0. The number of thiophene rings is 1. The van der Waals surface area contributed by atoms with Crippen LogP contribution in [0.3, 0.4) is 0 Å². The fourth-order valence-electron chi connectivity index (χ4n) is 1.97. The van der Waals surface area contributed by atoms with E-state index < -0.39 is 6.10 Å². The molecular weight excluding hydrogens is 350 g/mol. The first-order valence-corrected chi connectivity index (χ1v) is 8.38. The van der Waals surface area contributed by atoms with Crippen molar-refractivity contribution >= 4 is 33.2 Å². The summed E-state index contributed by atoms with van der Waals surface area (Å²) in [5.41, 5.74) is 0. The number of halogens is 1. The van der Waals surface area contributed by atoms with Gasteiger partial charge in [0.2, 0.25) is 0 Å². The van der Waals surface area contributed by atoms with Gasteiger partial charge in [-0.05, 0) is 49.6 Å². The van der Waals surface area contributed by atoms with Gasteiger partial charge in [-0.15, -0.1) is 11.3 Å². The van der Waals surface area contributed by atoms with Crippen LogP contribution in [0.25, 0.3) is 0 Å². The van der Waals surface area contributed by atoms with Crippen molar-refractivity contribution in [1.82, 2.24) is 4.90 Å². The predicted molar refractivity (Wildman–Crippen MR) is 89.7 cm³/mol. The molecule has 0 bridgehead atoms. The van der Waals surface area contributed by atoms with Gasteiger partial charge in [-0.3, -0.25) is 4.79 Å². The molecule has 2 rings (SSSR count). The first kappa shape index (κ1) is 16.0. The molecule has 1 amide bonds. The van der Waals surface area contributed by atoms with Gasteiger partial charge in [-0.25, -0.2) is 0 Å². The van der Waals surface area contributed by atoms with Crippen molar-refractivity contribution in [2.75, 3.05) is 7.05 Å². The fraction of sp³-hybridized carbons (Fsp3) is 0.312. The summed E-state index contributed by atoms with van der Waals surface area (Å²) in [7, 11) is 1.81. The van der Waals surface area contributed by atoms with E-state index in [1.165, 1.54) is 4.88 Å². The van der Waals surface area contributed by atoms with Crippen LogP contribution < -0.4 is 4.74 Å². The van der Waals surface area contributed by atoms with E-state index in [1.807, 2.05) is 55.7 Å². The number of rotatable bonds is 5. The Morgan fingerprint density at radius 2 is 1.90 bits per heavy atom. The van der Waals surface area contributed by atoms with Gasteiger partial charge in [-0.2, -0.15) is 0 Å². The number of amides is 1. The van der Waals surface area contributed by atoms with Gasteiger partial charge in [-0.1, -0.05) is 22.0 Å². The maximum atomic E-state index is 12.4. The summed E-state index contributed by atoms with van der Waals surface area (Å²) in [5.74, 6) is 0.662. The van der Waals surface area contributed by atoms with Crippen molar-refractivity contribution in [1.29, 1.82) is 0 Å². The molecule has 3 nitrogen and oxygen atoms in total. The monoisotopic (exact) mass is 367 g/mol. The largest absolute Gasteiger partial charge is 0.481 e. The molecule has 21 heavy (non-hydrogen) atoms. The third kappa shape index (κ3) is 4.08. The summed E-state index contributed by atoms with van der Waals surface area (Å²) >= 11 is 5.03. The molecule has 2 aromatic rings. The Labute approximate surface area is 137 Å². The molecule has 0 spiro atoms. The molecular formula is C16H18BrNO2S. The average molecular weight is 368 g/mol. The van der Waals surface area contributed by atoms with Gasteiger partial charge in [0.1, 0.15) is 5.75 Å². The normalized spacial score (nSPS) is 13.5. The molecule has 0 aliphatic carbocycles. The molecule has 1 aromatic heterocycles. The number of likely N-dealkylation sites (N-methyl/N-ethyl adjacent to an activating group) is 1. The third-order valence-corrected chi connectivity index (χ3v) is 4.93. The van der Waals surface area contributed by atoms with Crippen LogP contribution in [0.2, 0.25) is 0 Å². The Bertz CT molecular complexity index is 583. The molecule has 0 N–H and O–H groups in total. The molecule has 0 aliphatic heterocycles. The molecule has 2 atom stereocenters. The van der Waals surface area contributed by atoms with Crippen molar-refractivity contribution in [2.24, 2.45) is 0 Å². The molecule has 0 saturated carbocycles. The van der Waals surface area contributed by atoms with Gasteiger partial charge in [0.25, 0.3) is 5.91 Å². The molecule has 5 heteroatoms. The Morgan fingerprint density at radius 3 is 2.48 bits per heavy atom. The molecule has 0 saturated heterocycles. The van der Waals surface area contributed by atoms with Crippen molar-refractivity contribution in [2.45, 2.75) is 26.0 Å². The number of benzene rings is 1. The van der Waals surface area contributed by atoms with E-state index in [0.717, 1.165) is 4.47 Å². The van der Waals surface area contributed by atoms with Gasteiger partial charge >= 0.3 is 0 Å². The second-order valence-corrected chi connectivity index (χ2v) is 6.75. The molecule has 2 unspecified atom stereocenters. The summed E-state index contributed by atoms with van der Waals surface area (Å²) in [6.45, 7) is 3.80. The first-order chi connectivity index (χ1) is 9.99. The van der Waals surface area contributed by atoms with E-state index in [0.29, 0.717) is 5.75 Å². The van der Waals surface area contributed by atoms with E-state index in [-0.39, 0.29) is 11.9 Å². The Balaban J connectivity index is 1.99.